The Morgan fingerprint density at radius 1 is 0.830 bits per heavy atom. The van der Waals surface area contributed by atoms with Crippen LogP contribution in [0.25, 0.3) is 0 Å². The maximum Gasteiger partial charge on any atom is 0.408 e. The maximum atomic E-state index is 14.6. The molecule has 0 spiro atoms. The predicted octanol–water partition coefficient (Wildman–Crippen LogP) is 6.46. The second-order valence-electron chi connectivity index (χ2n) is 14.0. The van der Waals surface area contributed by atoms with E-state index >= 15 is 0 Å². The average molecular weight is 654 g/mol. The second-order valence-corrected chi connectivity index (χ2v) is 14.0. The zero-order chi connectivity index (χ0) is 35.4. The van der Waals surface area contributed by atoms with Crippen LogP contribution in [0.1, 0.15) is 105 Å². The van der Waals surface area contributed by atoms with E-state index in [1.807, 2.05) is 51.1 Å². The highest BCUT2D eigenvalue weighted by atomic mass is 16.6. The van der Waals surface area contributed by atoms with Gasteiger partial charge in [-0.15, -0.1) is 0 Å². The van der Waals surface area contributed by atoms with Crippen molar-refractivity contribution in [3.8, 4) is 5.75 Å². The number of hydrogen-bond donors (Lipinski definition) is 3. The van der Waals surface area contributed by atoms with E-state index in [2.05, 4.69) is 10.6 Å². The number of carbonyl (C=O) groups excluding carboxylic acids is 4. The van der Waals surface area contributed by atoms with Gasteiger partial charge in [0.1, 0.15) is 35.1 Å². The third-order valence-electron chi connectivity index (χ3n) is 7.50. The highest BCUT2D eigenvalue weighted by Crippen LogP contribution is 2.27. The largest absolute Gasteiger partial charge is 0.508 e. The predicted molar refractivity (Wildman–Crippen MR) is 183 cm³/mol. The van der Waals surface area contributed by atoms with Crippen LogP contribution in [0.4, 0.5) is 4.79 Å². The molecule has 0 bridgehead atoms. The molecular formula is C37H55N3O7. The molecule has 0 aliphatic rings. The van der Waals surface area contributed by atoms with Crippen LogP contribution in [0.5, 0.6) is 5.75 Å². The van der Waals surface area contributed by atoms with Gasteiger partial charge >= 0.3 is 12.1 Å². The lowest BCUT2D eigenvalue weighted by Crippen LogP contribution is -2.56. The Morgan fingerprint density at radius 3 is 1.96 bits per heavy atom. The summed E-state index contributed by atoms with van der Waals surface area (Å²) in [5.74, 6) is -1.94. The third kappa shape index (κ3) is 13.3. The van der Waals surface area contributed by atoms with E-state index in [-0.39, 0.29) is 24.6 Å². The summed E-state index contributed by atoms with van der Waals surface area (Å²) < 4.78 is 11.2. The van der Waals surface area contributed by atoms with Gasteiger partial charge in [-0.25, -0.2) is 9.59 Å². The first kappa shape index (κ1) is 39.1. The number of esters is 1. The fourth-order valence-electron chi connectivity index (χ4n) is 4.99. The number of alkyl carbamates (subject to hydrolysis) is 1. The maximum absolute atomic E-state index is 14.6. The molecule has 47 heavy (non-hydrogen) atoms. The van der Waals surface area contributed by atoms with E-state index in [1.54, 1.807) is 53.7 Å². The van der Waals surface area contributed by atoms with Gasteiger partial charge in [-0.2, -0.15) is 0 Å². The topological polar surface area (TPSA) is 134 Å². The smallest absolute Gasteiger partial charge is 0.408 e. The van der Waals surface area contributed by atoms with Gasteiger partial charge in [0.05, 0.1) is 0 Å². The van der Waals surface area contributed by atoms with Crippen molar-refractivity contribution < 1.29 is 33.8 Å². The second kappa shape index (κ2) is 17.7. The zero-order valence-electron chi connectivity index (χ0n) is 29.6. The van der Waals surface area contributed by atoms with Gasteiger partial charge in [0.15, 0.2) is 0 Å². The lowest BCUT2D eigenvalue weighted by Gasteiger charge is -2.36. The van der Waals surface area contributed by atoms with Crippen LogP contribution < -0.4 is 10.6 Å². The monoisotopic (exact) mass is 653 g/mol. The lowest BCUT2D eigenvalue weighted by molar-refractivity contribution is -0.159. The summed E-state index contributed by atoms with van der Waals surface area (Å²) in [6.07, 6.45) is 2.29. The van der Waals surface area contributed by atoms with E-state index < -0.39 is 53.2 Å². The van der Waals surface area contributed by atoms with Crippen LogP contribution in [0.15, 0.2) is 54.6 Å². The molecule has 2 aromatic rings. The Labute approximate surface area is 280 Å². The van der Waals surface area contributed by atoms with Gasteiger partial charge in [-0.05, 0) is 77.1 Å². The molecule has 10 nitrogen and oxygen atoms in total. The molecule has 4 unspecified atom stereocenters. The normalized spacial score (nSPS) is 14.2. The van der Waals surface area contributed by atoms with Crippen LogP contribution in [0.3, 0.4) is 0 Å². The Kier molecular flexibility index (Phi) is 14.8. The first-order chi connectivity index (χ1) is 22.0. The summed E-state index contributed by atoms with van der Waals surface area (Å²) in [5.41, 5.74) is -0.323. The van der Waals surface area contributed by atoms with Crippen LogP contribution in [0, 0.1) is 5.92 Å². The number of hydrogen-bond acceptors (Lipinski definition) is 7. The van der Waals surface area contributed by atoms with Crippen LogP contribution in [0.2, 0.25) is 0 Å². The van der Waals surface area contributed by atoms with Crippen molar-refractivity contribution in [1.82, 2.24) is 15.5 Å². The molecule has 0 aliphatic heterocycles. The number of nitrogens with one attached hydrogen (secondary N) is 2. The van der Waals surface area contributed by atoms with Gasteiger partial charge in [0.2, 0.25) is 11.8 Å². The number of benzene rings is 2. The molecule has 0 saturated heterocycles. The number of phenols is 1. The number of ether oxygens (including phenoxy) is 2. The van der Waals surface area contributed by atoms with Gasteiger partial charge < -0.3 is 30.1 Å². The molecule has 0 radical (unpaired) electrons. The molecule has 0 saturated carbocycles. The minimum absolute atomic E-state index is 0.00319. The van der Waals surface area contributed by atoms with Gasteiger partial charge in [0, 0.05) is 13.0 Å². The first-order valence-electron chi connectivity index (χ1n) is 16.6. The van der Waals surface area contributed by atoms with E-state index in [4.69, 9.17) is 9.47 Å². The fraction of sp³-hybridized carbons (Fsp3) is 0.568. The van der Waals surface area contributed by atoms with Gasteiger partial charge in [-0.3, -0.25) is 9.59 Å². The van der Waals surface area contributed by atoms with Crippen molar-refractivity contribution in [2.24, 2.45) is 5.92 Å². The van der Waals surface area contributed by atoms with Crippen molar-refractivity contribution in [1.29, 1.82) is 0 Å². The molecule has 10 heteroatoms. The molecule has 4 atom stereocenters. The van der Waals surface area contributed by atoms with E-state index in [0.29, 0.717) is 18.4 Å². The summed E-state index contributed by atoms with van der Waals surface area (Å²) in [7, 11) is 0. The van der Waals surface area contributed by atoms with Gasteiger partial charge in [-0.1, -0.05) is 82.5 Å². The van der Waals surface area contributed by atoms with Crippen LogP contribution in [-0.2, 0) is 30.3 Å². The number of rotatable bonds is 15. The van der Waals surface area contributed by atoms with E-state index in [0.717, 1.165) is 18.4 Å². The number of phenolic OH excluding ortho intramolecular Hbond substituents is 1. The highest BCUT2D eigenvalue weighted by molar-refractivity contribution is 5.94. The number of amides is 3. The summed E-state index contributed by atoms with van der Waals surface area (Å²) in [4.78, 5) is 56.9. The zero-order valence-corrected chi connectivity index (χ0v) is 29.6. The molecule has 0 fully saturated rings. The van der Waals surface area contributed by atoms with E-state index in [1.165, 1.54) is 17.0 Å². The van der Waals surface area contributed by atoms with Crippen molar-refractivity contribution >= 4 is 23.9 Å². The molecule has 0 heterocycles. The van der Waals surface area contributed by atoms with Crippen LogP contribution >= 0.6 is 0 Å². The van der Waals surface area contributed by atoms with Crippen LogP contribution in [-0.4, -0.2) is 63.7 Å². The standard InChI is InChI=1S/C37H55N3O7/c1-10-12-16-23-40(33(43)30(25(3)11-2)39-35(45)47-37(7,8)9)31(27-19-21-28(41)22-20-27)32(42)38-29(34(44)46-36(4,5)6)24-26-17-14-13-15-18-26/h13-15,17-22,25,29-31,41H,10-12,16,23-24H2,1-9H3,(H,38,42)(H,39,45). The summed E-state index contributed by atoms with van der Waals surface area (Å²) in [6.45, 7) is 16.5. The minimum Gasteiger partial charge on any atom is -0.508 e. The number of nitrogens with zero attached hydrogens (tertiary/aromatic N) is 1. The van der Waals surface area contributed by atoms with Crippen molar-refractivity contribution in [3.63, 3.8) is 0 Å². The highest BCUT2D eigenvalue weighted by Gasteiger charge is 2.39. The summed E-state index contributed by atoms with van der Waals surface area (Å²) in [6, 6.07) is 12.1. The van der Waals surface area contributed by atoms with Crippen molar-refractivity contribution in [2.75, 3.05) is 6.54 Å². The Hall–Kier alpha value is -4.08. The first-order valence-corrected chi connectivity index (χ1v) is 16.6. The number of aromatic hydroxyl groups is 1. The molecule has 0 aliphatic carbocycles. The van der Waals surface area contributed by atoms with Crippen molar-refractivity contribution in [3.05, 3.63) is 65.7 Å². The minimum atomic E-state index is -1.19. The number of unbranched alkanes of at least 4 members (excludes halogenated alkanes) is 2. The molecule has 2 rings (SSSR count). The summed E-state index contributed by atoms with van der Waals surface area (Å²) >= 11 is 0. The SMILES string of the molecule is CCCCCN(C(=O)C(NC(=O)OC(C)(C)C)C(C)CC)C(C(=O)NC(Cc1ccccc1)C(=O)OC(C)(C)C)c1ccc(O)cc1. The Balaban J connectivity index is 2.63. The molecule has 2 aromatic carbocycles. The molecular weight excluding hydrogens is 598 g/mol. The van der Waals surface area contributed by atoms with E-state index in [9.17, 15) is 24.3 Å². The molecule has 0 aromatic heterocycles. The molecule has 3 N–H and O–H groups in total. The molecule has 3 amide bonds. The van der Waals surface area contributed by atoms with Gasteiger partial charge in [0.25, 0.3) is 0 Å². The Bertz CT molecular complexity index is 1300. The average Bonchev–Trinajstić information content (AvgIpc) is 2.98. The lowest BCUT2D eigenvalue weighted by atomic mass is 9.95. The fourth-order valence-corrected chi connectivity index (χ4v) is 4.99. The quantitative estimate of drug-likeness (QED) is 0.148. The molecule has 260 valence electrons. The summed E-state index contributed by atoms with van der Waals surface area (Å²) in [5, 5.41) is 15.7. The number of carbonyl (C=O) groups is 4. The third-order valence-corrected chi connectivity index (χ3v) is 7.50. The van der Waals surface area contributed by atoms with Crippen molar-refractivity contribution in [2.45, 2.75) is 124 Å². The Morgan fingerprint density at radius 2 is 1.43 bits per heavy atom.